The molecule has 17 heavy (non-hydrogen) atoms. The van der Waals surface area contributed by atoms with Gasteiger partial charge >= 0.3 is 5.97 Å². The fourth-order valence-electron chi connectivity index (χ4n) is 1.32. The predicted octanol–water partition coefficient (Wildman–Crippen LogP) is 2.05. The van der Waals surface area contributed by atoms with Crippen LogP contribution in [0.15, 0.2) is 16.6 Å². The maximum Gasteiger partial charge on any atom is 0.323 e. The molecule has 1 aromatic carbocycles. The fraction of sp³-hybridized carbons (Fsp3) is 0.273. The third-order valence-corrected chi connectivity index (χ3v) is 3.24. The van der Waals surface area contributed by atoms with Crippen LogP contribution in [0.4, 0.5) is 4.39 Å². The summed E-state index contributed by atoms with van der Waals surface area (Å²) in [5, 5.41) is 8.57. The highest BCUT2D eigenvalue weighted by atomic mass is 79.9. The molecule has 1 rings (SSSR count). The summed E-state index contributed by atoms with van der Waals surface area (Å²) < 4.78 is 13.9. The van der Waals surface area contributed by atoms with Gasteiger partial charge in [-0.25, -0.2) is 4.39 Å². The van der Waals surface area contributed by atoms with Crippen molar-refractivity contribution in [3.63, 3.8) is 0 Å². The second kappa shape index (κ2) is 5.27. The number of nitrogens with zero attached hydrogens (tertiary/aromatic N) is 1. The van der Waals surface area contributed by atoms with Gasteiger partial charge in [-0.15, -0.1) is 0 Å². The van der Waals surface area contributed by atoms with Gasteiger partial charge in [-0.05, 0) is 34.5 Å². The molecule has 0 aliphatic carbocycles. The quantitative estimate of drug-likeness (QED) is 0.930. The zero-order valence-electron chi connectivity index (χ0n) is 9.33. The molecule has 0 radical (unpaired) electrons. The minimum absolute atomic E-state index is 0.145. The summed E-state index contributed by atoms with van der Waals surface area (Å²) in [4.78, 5) is 23.3. The van der Waals surface area contributed by atoms with Crippen molar-refractivity contribution in [1.29, 1.82) is 0 Å². The lowest BCUT2D eigenvalue weighted by Gasteiger charge is -2.16. The maximum absolute atomic E-state index is 13.6. The Morgan fingerprint density at radius 2 is 2.06 bits per heavy atom. The summed E-state index contributed by atoms with van der Waals surface area (Å²) in [6.07, 6.45) is 0. The average molecular weight is 304 g/mol. The molecule has 0 bridgehead atoms. The van der Waals surface area contributed by atoms with Crippen LogP contribution in [0.3, 0.4) is 0 Å². The van der Waals surface area contributed by atoms with Crippen LogP contribution in [0.1, 0.15) is 15.9 Å². The van der Waals surface area contributed by atoms with Gasteiger partial charge in [0.1, 0.15) is 12.4 Å². The number of aliphatic carboxylic acids is 1. The number of rotatable bonds is 3. The number of hydrogen-bond acceptors (Lipinski definition) is 2. The summed E-state index contributed by atoms with van der Waals surface area (Å²) in [5.74, 6) is -2.49. The van der Waals surface area contributed by atoms with Crippen LogP contribution < -0.4 is 0 Å². The summed E-state index contributed by atoms with van der Waals surface area (Å²) in [5.41, 5.74) is 0.562. The third-order valence-electron chi connectivity index (χ3n) is 2.22. The van der Waals surface area contributed by atoms with Crippen molar-refractivity contribution in [2.24, 2.45) is 0 Å². The first kappa shape index (κ1) is 13.6. The zero-order valence-corrected chi connectivity index (χ0v) is 10.9. The Balaban J connectivity index is 3.12. The standard InChI is InChI=1S/C11H11BrFNO3/c1-6-3-4-7(13)9(10(6)12)11(17)14(2)5-8(15)16/h3-4H,5H2,1-2H3,(H,15,16). The number of carboxylic acids is 1. The normalized spacial score (nSPS) is 10.1. The van der Waals surface area contributed by atoms with Crippen LogP contribution in [-0.4, -0.2) is 35.5 Å². The highest BCUT2D eigenvalue weighted by Gasteiger charge is 2.21. The molecule has 0 aliphatic heterocycles. The van der Waals surface area contributed by atoms with Gasteiger partial charge in [-0.2, -0.15) is 0 Å². The first-order valence-corrected chi connectivity index (χ1v) is 5.55. The van der Waals surface area contributed by atoms with Crippen LogP contribution in [0.2, 0.25) is 0 Å². The summed E-state index contributed by atoms with van der Waals surface area (Å²) in [6, 6.07) is 2.72. The van der Waals surface area contributed by atoms with E-state index in [2.05, 4.69) is 15.9 Å². The molecule has 1 N–H and O–H groups in total. The van der Waals surface area contributed by atoms with E-state index in [0.29, 0.717) is 10.0 Å². The van der Waals surface area contributed by atoms with Gasteiger partial charge in [0.25, 0.3) is 5.91 Å². The van der Waals surface area contributed by atoms with Gasteiger partial charge in [0.15, 0.2) is 0 Å². The number of aryl methyl sites for hydroxylation is 1. The van der Waals surface area contributed by atoms with Gasteiger partial charge < -0.3 is 10.0 Å². The van der Waals surface area contributed by atoms with Crippen molar-refractivity contribution in [2.75, 3.05) is 13.6 Å². The van der Waals surface area contributed by atoms with E-state index in [1.165, 1.54) is 19.2 Å². The number of likely N-dealkylation sites (N-methyl/N-ethyl adjacent to an activating group) is 1. The molecule has 4 nitrogen and oxygen atoms in total. The zero-order chi connectivity index (χ0) is 13.2. The number of hydrogen-bond donors (Lipinski definition) is 1. The molecule has 0 saturated carbocycles. The van der Waals surface area contributed by atoms with Gasteiger partial charge in [0, 0.05) is 11.5 Å². The van der Waals surface area contributed by atoms with Crippen molar-refractivity contribution >= 4 is 27.8 Å². The van der Waals surface area contributed by atoms with E-state index in [0.717, 1.165) is 4.90 Å². The minimum atomic E-state index is -1.15. The molecule has 0 aromatic heterocycles. The van der Waals surface area contributed by atoms with Crippen molar-refractivity contribution < 1.29 is 19.1 Å². The van der Waals surface area contributed by atoms with E-state index in [9.17, 15) is 14.0 Å². The largest absolute Gasteiger partial charge is 0.480 e. The van der Waals surface area contributed by atoms with E-state index >= 15 is 0 Å². The molecule has 0 heterocycles. The summed E-state index contributed by atoms with van der Waals surface area (Å²) >= 11 is 3.13. The SMILES string of the molecule is Cc1ccc(F)c(C(=O)N(C)CC(=O)O)c1Br. The first-order valence-electron chi connectivity index (χ1n) is 4.76. The molecular formula is C11H11BrFNO3. The first-order chi connectivity index (χ1) is 7.84. The monoisotopic (exact) mass is 303 g/mol. The lowest BCUT2D eigenvalue weighted by molar-refractivity contribution is -0.137. The predicted molar refractivity (Wildman–Crippen MR) is 63.4 cm³/mol. The molecule has 92 valence electrons. The van der Waals surface area contributed by atoms with Crippen LogP contribution in [0.25, 0.3) is 0 Å². The van der Waals surface area contributed by atoms with Crippen molar-refractivity contribution in [3.8, 4) is 0 Å². The number of halogens is 2. The van der Waals surface area contributed by atoms with E-state index in [-0.39, 0.29) is 5.56 Å². The lowest BCUT2D eigenvalue weighted by Crippen LogP contribution is -2.32. The van der Waals surface area contributed by atoms with Crippen LogP contribution >= 0.6 is 15.9 Å². The number of carbonyl (C=O) groups excluding carboxylic acids is 1. The molecule has 1 aromatic rings. The number of benzene rings is 1. The van der Waals surface area contributed by atoms with Crippen LogP contribution in [0, 0.1) is 12.7 Å². The minimum Gasteiger partial charge on any atom is -0.480 e. The second-order valence-electron chi connectivity index (χ2n) is 3.61. The third kappa shape index (κ3) is 3.03. The summed E-state index contributed by atoms with van der Waals surface area (Å²) in [6.45, 7) is 1.25. The van der Waals surface area contributed by atoms with Crippen molar-refractivity contribution in [3.05, 3.63) is 33.5 Å². The van der Waals surface area contributed by atoms with Gasteiger partial charge in [0.05, 0.1) is 5.56 Å². The summed E-state index contributed by atoms with van der Waals surface area (Å²) in [7, 11) is 1.31. The molecular weight excluding hydrogens is 293 g/mol. The lowest BCUT2D eigenvalue weighted by atomic mass is 10.1. The van der Waals surface area contributed by atoms with Gasteiger partial charge in [0.2, 0.25) is 0 Å². The van der Waals surface area contributed by atoms with Gasteiger partial charge in [-0.1, -0.05) is 6.07 Å². The van der Waals surface area contributed by atoms with Crippen LogP contribution in [-0.2, 0) is 4.79 Å². The average Bonchev–Trinajstić information content (AvgIpc) is 2.23. The van der Waals surface area contributed by atoms with E-state index in [1.54, 1.807) is 6.92 Å². The van der Waals surface area contributed by atoms with E-state index < -0.39 is 24.2 Å². The Hall–Kier alpha value is -1.43. The van der Waals surface area contributed by atoms with E-state index in [4.69, 9.17) is 5.11 Å². The molecule has 0 aliphatic rings. The van der Waals surface area contributed by atoms with Crippen LogP contribution in [0.5, 0.6) is 0 Å². The van der Waals surface area contributed by atoms with Crippen molar-refractivity contribution in [1.82, 2.24) is 4.90 Å². The topological polar surface area (TPSA) is 57.6 Å². The Bertz CT molecular complexity index is 476. The number of carboxylic acid groups (broad SMARTS) is 1. The Morgan fingerprint density at radius 3 is 2.59 bits per heavy atom. The molecule has 1 amide bonds. The highest BCUT2D eigenvalue weighted by Crippen LogP contribution is 2.25. The number of amides is 1. The second-order valence-corrected chi connectivity index (χ2v) is 4.40. The fourth-order valence-corrected chi connectivity index (χ4v) is 1.81. The molecule has 0 atom stereocenters. The Kier molecular flexibility index (Phi) is 4.22. The molecule has 0 fully saturated rings. The molecule has 6 heteroatoms. The Labute approximate surface area is 106 Å². The molecule has 0 spiro atoms. The molecule has 0 unspecified atom stereocenters. The van der Waals surface area contributed by atoms with E-state index in [1.807, 2.05) is 0 Å². The maximum atomic E-state index is 13.6. The smallest absolute Gasteiger partial charge is 0.323 e. The highest BCUT2D eigenvalue weighted by molar-refractivity contribution is 9.10. The number of carbonyl (C=O) groups is 2. The molecule has 0 saturated heterocycles. The van der Waals surface area contributed by atoms with Crippen molar-refractivity contribution in [2.45, 2.75) is 6.92 Å². The Morgan fingerprint density at radius 1 is 1.47 bits per heavy atom. The van der Waals surface area contributed by atoms with Gasteiger partial charge in [-0.3, -0.25) is 9.59 Å².